The van der Waals surface area contributed by atoms with Gasteiger partial charge in [0.1, 0.15) is 0 Å². The molecule has 32 heavy (non-hydrogen) atoms. The molecule has 164 valence electrons. The molecule has 0 spiro atoms. The van der Waals surface area contributed by atoms with Crippen LogP contribution in [0.25, 0.3) is 0 Å². The summed E-state index contributed by atoms with van der Waals surface area (Å²) in [5.41, 5.74) is 0.818. The van der Waals surface area contributed by atoms with Crippen LogP contribution in [0.2, 0.25) is 0 Å². The second-order valence-electron chi connectivity index (χ2n) is 6.94. The molecular weight excluding hydrogens is 448 g/mol. The molecule has 0 aliphatic heterocycles. The van der Waals surface area contributed by atoms with Crippen LogP contribution in [-0.4, -0.2) is 25.0 Å². The molecule has 0 heterocycles. The predicted molar refractivity (Wildman–Crippen MR) is 114 cm³/mol. The van der Waals surface area contributed by atoms with Crippen LogP contribution >= 0.6 is 0 Å². The third-order valence-corrected chi connectivity index (χ3v) is 7.61. The third kappa shape index (κ3) is 5.70. The number of carbonyl (C=O) groups is 3. The number of benzene rings is 3. The Morgan fingerprint density at radius 2 is 0.906 bits per heavy atom. The summed E-state index contributed by atoms with van der Waals surface area (Å²) in [6.07, 6.45) is 1.55. The van der Waals surface area contributed by atoms with Gasteiger partial charge in [-0.15, -0.1) is 0 Å². The Labute approximate surface area is 191 Å². The Bertz CT molecular complexity index is 967. The van der Waals surface area contributed by atoms with Crippen molar-refractivity contribution in [1.82, 2.24) is 0 Å². The number of para-hydroxylation sites is 3. The van der Waals surface area contributed by atoms with E-state index in [0.717, 1.165) is 0 Å². The summed E-state index contributed by atoms with van der Waals surface area (Å²) in [4.78, 5) is 34.7. The normalized spacial score (nSPS) is 11.0. The molecule has 0 atom stereocenters. The number of hydrogen-bond acceptors (Lipinski definition) is 7. The van der Waals surface area contributed by atoms with E-state index in [4.69, 9.17) is 13.3 Å². The molecule has 8 heteroatoms. The first-order valence-corrected chi connectivity index (χ1v) is 12.4. The first-order chi connectivity index (χ1) is 15.5. The van der Waals surface area contributed by atoms with Crippen molar-refractivity contribution in [2.45, 2.75) is 20.0 Å². The first kappa shape index (κ1) is 23.4. The second-order valence-corrected chi connectivity index (χ2v) is 9.83. The fourth-order valence-corrected chi connectivity index (χ4v) is 6.29. The fourth-order valence-electron chi connectivity index (χ4n) is 2.84. The molecule has 0 saturated carbocycles. The number of carbonyl (C=O) groups excluding carboxylic acids is 3. The van der Waals surface area contributed by atoms with Gasteiger partial charge in [-0.25, -0.2) is 0 Å². The molecule has 0 unspecified atom stereocenters. The van der Waals surface area contributed by atoms with E-state index in [-0.39, 0.29) is 33.9 Å². The quantitative estimate of drug-likeness (QED) is 0.291. The van der Waals surface area contributed by atoms with Gasteiger partial charge in [-0.1, -0.05) is 0 Å². The van der Waals surface area contributed by atoms with Crippen molar-refractivity contribution in [1.29, 1.82) is 0 Å². The molecule has 3 aromatic rings. The Morgan fingerprint density at radius 1 is 0.594 bits per heavy atom. The van der Waals surface area contributed by atoms with Gasteiger partial charge in [0, 0.05) is 0 Å². The van der Waals surface area contributed by atoms with Gasteiger partial charge in [-0.2, -0.15) is 0 Å². The van der Waals surface area contributed by atoms with Gasteiger partial charge < -0.3 is 0 Å². The molecule has 0 aromatic heterocycles. The molecule has 0 radical (unpaired) electrons. The molecule has 0 saturated heterocycles. The van der Waals surface area contributed by atoms with Crippen LogP contribution in [0.1, 0.15) is 44.9 Å². The summed E-state index contributed by atoms with van der Waals surface area (Å²) >= 11 is -4.88. The molecule has 3 aromatic carbocycles. The van der Waals surface area contributed by atoms with Crippen molar-refractivity contribution in [2.75, 3.05) is 0 Å². The van der Waals surface area contributed by atoms with Crippen molar-refractivity contribution >= 4 is 18.9 Å². The van der Waals surface area contributed by atoms with Gasteiger partial charge in [0.25, 0.3) is 0 Å². The average Bonchev–Trinajstić information content (AvgIpc) is 2.79. The number of aldehydes is 3. The minimum absolute atomic E-state index is 0.204. The zero-order chi connectivity index (χ0) is 23.0. The van der Waals surface area contributed by atoms with Crippen LogP contribution in [0.4, 0.5) is 0 Å². The zero-order valence-electron chi connectivity index (χ0n) is 17.6. The standard InChI is InChI=1S/3C7H6O2.C3H7O.Ti/c3*8-5-6-3-1-2-4-7(6)9;1-3(2)4;/h3*1-5,9H;3H,1-2H3;/q;;;-1;+4/p-3. The van der Waals surface area contributed by atoms with Crippen LogP contribution in [0.5, 0.6) is 17.2 Å². The molecule has 0 amide bonds. The Balaban J connectivity index is 2.15. The van der Waals surface area contributed by atoms with Gasteiger partial charge in [0.05, 0.1) is 0 Å². The van der Waals surface area contributed by atoms with E-state index in [1.54, 1.807) is 86.6 Å². The third-order valence-electron chi connectivity index (χ3n) is 4.22. The first-order valence-electron chi connectivity index (χ1n) is 9.87. The summed E-state index contributed by atoms with van der Waals surface area (Å²) in [7, 11) is 0. The van der Waals surface area contributed by atoms with Crippen LogP contribution in [0.3, 0.4) is 0 Å². The van der Waals surface area contributed by atoms with Crippen molar-refractivity contribution in [2.24, 2.45) is 0 Å². The van der Waals surface area contributed by atoms with Crippen molar-refractivity contribution in [3.05, 3.63) is 89.5 Å². The SMILES string of the molecule is CC(C)[O][Ti]([O]c1ccccc1C=O)([O]c1ccccc1C=O)[O]c1ccccc1C=O. The van der Waals surface area contributed by atoms with Crippen molar-refractivity contribution in [3.8, 4) is 17.2 Å². The Kier molecular flexibility index (Phi) is 7.95. The van der Waals surface area contributed by atoms with Crippen molar-refractivity contribution < 1.29 is 45.8 Å². The molecule has 7 nitrogen and oxygen atoms in total. The molecule has 0 aliphatic rings. The molecule has 0 fully saturated rings. The van der Waals surface area contributed by atoms with Crippen LogP contribution in [0.15, 0.2) is 72.8 Å². The average molecular weight is 470 g/mol. The van der Waals surface area contributed by atoms with Gasteiger partial charge in [-0.05, 0) is 0 Å². The van der Waals surface area contributed by atoms with Crippen molar-refractivity contribution in [3.63, 3.8) is 0 Å². The maximum absolute atomic E-state index is 11.6. The van der Waals surface area contributed by atoms with E-state index in [0.29, 0.717) is 18.9 Å². The second kappa shape index (κ2) is 10.9. The molecule has 3 rings (SSSR count). The van der Waals surface area contributed by atoms with Gasteiger partial charge in [-0.3, -0.25) is 0 Å². The van der Waals surface area contributed by atoms with Gasteiger partial charge >= 0.3 is 191 Å². The van der Waals surface area contributed by atoms with E-state index in [1.807, 2.05) is 0 Å². The summed E-state index contributed by atoms with van der Waals surface area (Å²) in [6, 6.07) is 19.7. The number of rotatable bonds is 11. The summed E-state index contributed by atoms with van der Waals surface area (Å²) < 4.78 is 24.7. The molecule has 0 bridgehead atoms. The number of hydrogen-bond donors (Lipinski definition) is 0. The fraction of sp³-hybridized carbons (Fsp3) is 0.125. The molecular formula is C24H22O7Ti. The Morgan fingerprint density at radius 3 is 1.19 bits per heavy atom. The van der Waals surface area contributed by atoms with Crippen LogP contribution in [-0.2, 0) is 21.5 Å². The summed E-state index contributed by atoms with van der Waals surface area (Å²) in [5.74, 6) is 0.612. The Hall–Kier alpha value is -3.26. The molecule has 0 aliphatic carbocycles. The van der Waals surface area contributed by atoms with E-state index < -0.39 is 24.2 Å². The van der Waals surface area contributed by atoms with E-state index in [2.05, 4.69) is 0 Å². The molecule has 0 N–H and O–H groups in total. The van der Waals surface area contributed by atoms with Gasteiger partial charge in [0.15, 0.2) is 0 Å². The minimum atomic E-state index is -4.88. The summed E-state index contributed by atoms with van der Waals surface area (Å²) in [5, 5.41) is 0. The van der Waals surface area contributed by atoms with E-state index in [1.165, 1.54) is 0 Å². The summed E-state index contributed by atoms with van der Waals surface area (Å²) in [6.45, 7) is 3.55. The van der Waals surface area contributed by atoms with E-state index in [9.17, 15) is 14.4 Å². The predicted octanol–water partition coefficient (Wildman–Crippen LogP) is 4.90. The van der Waals surface area contributed by atoms with Crippen LogP contribution < -0.4 is 9.96 Å². The zero-order valence-corrected chi connectivity index (χ0v) is 19.2. The van der Waals surface area contributed by atoms with Crippen LogP contribution in [0, 0.1) is 0 Å². The monoisotopic (exact) mass is 470 g/mol. The topological polar surface area (TPSA) is 88.1 Å². The van der Waals surface area contributed by atoms with Gasteiger partial charge in [0.2, 0.25) is 0 Å². The maximum atomic E-state index is 11.6. The van der Waals surface area contributed by atoms with E-state index >= 15 is 0 Å².